The van der Waals surface area contributed by atoms with E-state index >= 15 is 0 Å². The SMILES string of the molecule is C#CC(=Nc1ccccc1)N(C)C. The van der Waals surface area contributed by atoms with Crippen LogP contribution in [-0.4, -0.2) is 24.8 Å². The van der Waals surface area contributed by atoms with Crippen molar-refractivity contribution in [3.8, 4) is 12.3 Å². The normalized spacial score (nSPS) is 10.7. The zero-order valence-electron chi connectivity index (χ0n) is 7.86. The molecule has 0 aliphatic heterocycles. The Kier molecular flexibility index (Phi) is 3.10. The average molecular weight is 172 g/mol. The lowest BCUT2D eigenvalue weighted by Crippen LogP contribution is -2.19. The minimum absolute atomic E-state index is 0.631. The minimum Gasteiger partial charge on any atom is -0.356 e. The van der Waals surface area contributed by atoms with E-state index in [-0.39, 0.29) is 0 Å². The van der Waals surface area contributed by atoms with Crippen molar-refractivity contribution < 1.29 is 0 Å². The van der Waals surface area contributed by atoms with Crippen LogP contribution < -0.4 is 0 Å². The standard InChI is InChI=1S/C11H12N2/c1-4-11(13(2)3)12-10-8-6-5-7-9-10/h1,5-9H,2-3H3. The Bertz CT molecular complexity index is 331. The van der Waals surface area contributed by atoms with Gasteiger partial charge in [0.1, 0.15) is 0 Å². The number of amidine groups is 1. The summed E-state index contributed by atoms with van der Waals surface area (Å²) in [5, 5.41) is 0. The quantitative estimate of drug-likeness (QED) is 0.359. The van der Waals surface area contributed by atoms with Gasteiger partial charge in [-0.2, -0.15) is 0 Å². The first kappa shape index (κ1) is 9.34. The Hall–Kier alpha value is -1.75. The Balaban J connectivity index is 2.94. The largest absolute Gasteiger partial charge is 0.356 e. The van der Waals surface area contributed by atoms with Crippen molar-refractivity contribution in [2.75, 3.05) is 14.1 Å². The van der Waals surface area contributed by atoms with Gasteiger partial charge in [-0.05, 0) is 18.1 Å². The zero-order chi connectivity index (χ0) is 9.68. The van der Waals surface area contributed by atoms with E-state index in [4.69, 9.17) is 6.42 Å². The lowest BCUT2D eigenvalue weighted by Gasteiger charge is -2.09. The number of hydrogen-bond donors (Lipinski definition) is 0. The summed E-state index contributed by atoms with van der Waals surface area (Å²) in [5.41, 5.74) is 0.879. The summed E-state index contributed by atoms with van der Waals surface area (Å²) in [6.45, 7) is 0. The molecule has 0 bridgehead atoms. The predicted molar refractivity (Wildman–Crippen MR) is 56.1 cm³/mol. The molecule has 2 heteroatoms. The van der Waals surface area contributed by atoms with Crippen molar-refractivity contribution in [2.45, 2.75) is 0 Å². The second-order valence-electron chi connectivity index (χ2n) is 2.81. The van der Waals surface area contributed by atoms with Gasteiger partial charge in [-0.25, -0.2) is 4.99 Å². The highest BCUT2D eigenvalue weighted by Gasteiger charge is 1.95. The molecule has 2 nitrogen and oxygen atoms in total. The van der Waals surface area contributed by atoms with Crippen molar-refractivity contribution in [1.29, 1.82) is 0 Å². The molecule has 0 unspecified atom stereocenters. The summed E-state index contributed by atoms with van der Waals surface area (Å²) in [6.07, 6.45) is 5.30. The van der Waals surface area contributed by atoms with Gasteiger partial charge in [0.15, 0.2) is 5.84 Å². The molecule has 0 fully saturated rings. The van der Waals surface area contributed by atoms with Crippen LogP contribution in [0.5, 0.6) is 0 Å². The summed E-state index contributed by atoms with van der Waals surface area (Å²) in [7, 11) is 3.75. The van der Waals surface area contributed by atoms with Gasteiger partial charge in [-0.1, -0.05) is 18.2 Å². The molecular formula is C11H12N2. The van der Waals surface area contributed by atoms with Crippen LogP contribution >= 0.6 is 0 Å². The number of para-hydroxylation sites is 1. The Labute approximate surface area is 78.9 Å². The lowest BCUT2D eigenvalue weighted by atomic mass is 10.3. The zero-order valence-corrected chi connectivity index (χ0v) is 7.86. The average Bonchev–Trinajstić information content (AvgIpc) is 2.15. The highest BCUT2D eigenvalue weighted by atomic mass is 15.1. The molecule has 0 heterocycles. The van der Waals surface area contributed by atoms with Crippen molar-refractivity contribution in [3.63, 3.8) is 0 Å². The first-order valence-electron chi connectivity index (χ1n) is 4.01. The highest BCUT2D eigenvalue weighted by Crippen LogP contribution is 2.10. The molecule has 0 aliphatic rings. The third-order valence-electron chi connectivity index (χ3n) is 1.54. The molecule has 1 aromatic rings. The van der Waals surface area contributed by atoms with Gasteiger partial charge in [0.2, 0.25) is 0 Å². The summed E-state index contributed by atoms with van der Waals surface area (Å²) < 4.78 is 0. The van der Waals surface area contributed by atoms with Gasteiger partial charge >= 0.3 is 0 Å². The predicted octanol–water partition coefficient (Wildman–Crippen LogP) is 1.91. The third-order valence-corrected chi connectivity index (χ3v) is 1.54. The van der Waals surface area contributed by atoms with Gasteiger partial charge in [0.25, 0.3) is 0 Å². The summed E-state index contributed by atoms with van der Waals surface area (Å²) in [6, 6.07) is 9.65. The fourth-order valence-corrected chi connectivity index (χ4v) is 0.886. The van der Waals surface area contributed by atoms with Gasteiger partial charge in [-0.3, -0.25) is 0 Å². The first-order valence-corrected chi connectivity index (χ1v) is 4.01. The van der Waals surface area contributed by atoms with E-state index in [1.54, 1.807) is 0 Å². The highest BCUT2D eigenvalue weighted by molar-refractivity contribution is 5.99. The minimum atomic E-state index is 0.631. The number of rotatable bonds is 1. The van der Waals surface area contributed by atoms with Crippen molar-refractivity contribution in [3.05, 3.63) is 30.3 Å². The molecule has 0 aromatic heterocycles. The molecule has 0 atom stereocenters. The molecule has 13 heavy (non-hydrogen) atoms. The van der Waals surface area contributed by atoms with E-state index in [0.717, 1.165) is 5.69 Å². The van der Waals surface area contributed by atoms with Crippen LogP contribution in [0.25, 0.3) is 0 Å². The molecular weight excluding hydrogens is 160 g/mol. The number of aliphatic imine (C=N–C) groups is 1. The number of terminal acetylenes is 1. The van der Waals surface area contributed by atoms with E-state index < -0.39 is 0 Å². The molecule has 0 amide bonds. The maximum Gasteiger partial charge on any atom is 0.180 e. The lowest BCUT2D eigenvalue weighted by molar-refractivity contribution is 0.629. The van der Waals surface area contributed by atoms with Crippen LogP contribution in [0.4, 0.5) is 5.69 Å². The fourth-order valence-electron chi connectivity index (χ4n) is 0.886. The van der Waals surface area contributed by atoms with Crippen LogP contribution in [0.1, 0.15) is 0 Å². The van der Waals surface area contributed by atoms with Gasteiger partial charge in [0, 0.05) is 14.1 Å². The second-order valence-corrected chi connectivity index (χ2v) is 2.81. The van der Waals surface area contributed by atoms with E-state index in [1.807, 2.05) is 49.3 Å². The molecule has 0 N–H and O–H groups in total. The molecule has 0 radical (unpaired) electrons. The molecule has 1 rings (SSSR count). The fraction of sp³-hybridized carbons (Fsp3) is 0.182. The van der Waals surface area contributed by atoms with E-state index in [1.165, 1.54) is 0 Å². The van der Waals surface area contributed by atoms with Crippen LogP contribution in [0.2, 0.25) is 0 Å². The van der Waals surface area contributed by atoms with E-state index in [9.17, 15) is 0 Å². The molecule has 0 aliphatic carbocycles. The topological polar surface area (TPSA) is 15.6 Å². The molecule has 0 spiro atoms. The Morgan fingerprint density at radius 3 is 2.38 bits per heavy atom. The van der Waals surface area contributed by atoms with Gasteiger partial charge < -0.3 is 4.90 Å². The number of benzene rings is 1. The first-order chi connectivity index (χ1) is 6.24. The maximum absolute atomic E-state index is 5.30. The van der Waals surface area contributed by atoms with Gasteiger partial charge in [0.05, 0.1) is 5.69 Å². The number of hydrogen-bond acceptors (Lipinski definition) is 1. The van der Waals surface area contributed by atoms with Crippen molar-refractivity contribution in [2.24, 2.45) is 4.99 Å². The second kappa shape index (κ2) is 4.32. The molecule has 0 saturated heterocycles. The van der Waals surface area contributed by atoms with E-state index in [0.29, 0.717) is 5.84 Å². The summed E-state index contributed by atoms with van der Waals surface area (Å²) >= 11 is 0. The Morgan fingerprint density at radius 1 is 1.31 bits per heavy atom. The number of nitrogens with zero attached hydrogens (tertiary/aromatic N) is 2. The smallest absolute Gasteiger partial charge is 0.180 e. The molecule has 0 saturated carbocycles. The van der Waals surface area contributed by atoms with Crippen LogP contribution in [0.15, 0.2) is 35.3 Å². The van der Waals surface area contributed by atoms with Gasteiger partial charge in [-0.15, -0.1) is 6.42 Å². The van der Waals surface area contributed by atoms with Crippen LogP contribution in [0, 0.1) is 12.3 Å². The van der Waals surface area contributed by atoms with Crippen LogP contribution in [0.3, 0.4) is 0 Å². The summed E-state index contributed by atoms with van der Waals surface area (Å²) in [4.78, 5) is 6.10. The van der Waals surface area contributed by atoms with Crippen LogP contribution in [-0.2, 0) is 0 Å². The summed E-state index contributed by atoms with van der Waals surface area (Å²) in [5.74, 6) is 3.16. The molecule has 1 aromatic carbocycles. The van der Waals surface area contributed by atoms with E-state index in [2.05, 4.69) is 10.9 Å². The maximum atomic E-state index is 5.30. The Morgan fingerprint density at radius 2 is 1.92 bits per heavy atom. The molecule has 66 valence electrons. The van der Waals surface area contributed by atoms with Crippen molar-refractivity contribution in [1.82, 2.24) is 4.90 Å². The third kappa shape index (κ3) is 2.64. The monoisotopic (exact) mass is 172 g/mol. The van der Waals surface area contributed by atoms with Crippen molar-refractivity contribution >= 4 is 11.5 Å².